The number of hydrogen-bond acceptors (Lipinski definition) is 3. The highest BCUT2D eigenvalue weighted by atomic mass is 35.5. The van der Waals surface area contributed by atoms with Gasteiger partial charge in [-0.05, 0) is 73.0 Å². The second kappa shape index (κ2) is 10.1. The average Bonchev–Trinajstić information content (AvgIpc) is 2.86. The molecular weight excluding hydrogens is 434 g/mol. The molecule has 0 saturated carbocycles. The highest BCUT2D eigenvalue weighted by molar-refractivity contribution is 6.31. The molecule has 0 radical (unpaired) electrons. The standard InChI is InChI=1S/C27H28ClN3O2/c1-3-20-5-8-21(9-6-20)27(33)31-16-14-30(15-17-31)24-12-10-23(11-13-24)29-26(32)22-7-4-19(2)25(28)18-22/h4-13,18H,3,14-17H2,1-2H3,(H,29,32). The molecule has 3 aromatic rings. The highest BCUT2D eigenvalue weighted by Gasteiger charge is 2.22. The van der Waals surface area contributed by atoms with Crippen LogP contribution in [0, 0.1) is 6.92 Å². The summed E-state index contributed by atoms with van der Waals surface area (Å²) in [5.41, 5.74) is 5.25. The van der Waals surface area contributed by atoms with Gasteiger partial charge >= 0.3 is 0 Å². The van der Waals surface area contributed by atoms with Crippen LogP contribution in [0.3, 0.4) is 0 Å². The number of benzene rings is 3. The van der Waals surface area contributed by atoms with Crippen molar-refractivity contribution in [2.24, 2.45) is 0 Å². The Morgan fingerprint density at radius 1 is 0.879 bits per heavy atom. The van der Waals surface area contributed by atoms with Gasteiger partial charge in [-0.2, -0.15) is 0 Å². The van der Waals surface area contributed by atoms with Gasteiger partial charge in [0, 0.05) is 53.7 Å². The van der Waals surface area contributed by atoms with Crippen molar-refractivity contribution in [2.75, 3.05) is 36.4 Å². The Balaban J connectivity index is 1.32. The summed E-state index contributed by atoms with van der Waals surface area (Å²) in [6.45, 7) is 6.92. The highest BCUT2D eigenvalue weighted by Crippen LogP contribution is 2.22. The fraction of sp³-hybridized carbons (Fsp3) is 0.259. The van der Waals surface area contributed by atoms with E-state index >= 15 is 0 Å². The lowest BCUT2D eigenvalue weighted by molar-refractivity contribution is 0.0746. The number of nitrogens with one attached hydrogen (secondary N) is 1. The van der Waals surface area contributed by atoms with Crippen molar-refractivity contribution in [2.45, 2.75) is 20.3 Å². The van der Waals surface area contributed by atoms with Gasteiger partial charge in [-0.3, -0.25) is 9.59 Å². The molecule has 0 spiro atoms. The molecule has 2 amide bonds. The Hall–Kier alpha value is -3.31. The molecule has 1 saturated heterocycles. The number of aryl methyl sites for hydroxylation is 2. The van der Waals surface area contributed by atoms with E-state index in [1.807, 2.05) is 66.4 Å². The normalized spacial score (nSPS) is 13.7. The van der Waals surface area contributed by atoms with Crippen molar-refractivity contribution in [1.82, 2.24) is 4.90 Å². The monoisotopic (exact) mass is 461 g/mol. The fourth-order valence-corrected chi connectivity index (χ4v) is 4.11. The number of piperazine rings is 1. The Kier molecular flexibility index (Phi) is 6.99. The maximum atomic E-state index is 12.8. The molecule has 6 heteroatoms. The molecule has 1 aliphatic rings. The van der Waals surface area contributed by atoms with E-state index in [0.29, 0.717) is 23.7 Å². The number of anilines is 2. The average molecular weight is 462 g/mol. The van der Waals surface area contributed by atoms with Gasteiger partial charge in [0.1, 0.15) is 0 Å². The Bertz CT molecular complexity index is 1140. The molecule has 1 fully saturated rings. The van der Waals surface area contributed by atoms with Crippen LogP contribution >= 0.6 is 11.6 Å². The van der Waals surface area contributed by atoms with Crippen molar-refractivity contribution in [1.29, 1.82) is 0 Å². The number of amides is 2. The lowest BCUT2D eigenvalue weighted by atomic mass is 10.1. The van der Waals surface area contributed by atoms with Crippen molar-refractivity contribution in [3.05, 3.63) is 94.0 Å². The van der Waals surface area contributed by atoms with E-state index < -0.39 is 0 Å². The topological polar surface area (TPSA) is 52.7 Å². The van der Waals surface area contributed by atoms with Crippen molar-refractivity contribution in [3.8, 4) is 0 Å². The Morgan fingerprint density at radius 2 is 1.52 bits per heavy atom. The third-order valence-electron chi connectivity index (χ3n) is 6.10. The van der Waals surface area contributed by atoms with Crippen LogP contribution in [0.1, 0.15) is 38.8 Å². The zero-order chi connectivity index (χ0) is 23.4. The van der Waals surface area contributed by atoms with Gasteiger partial charge in [-0.1, -0.05) is 36.7 Å². The quantitative estimate of drug-likeness (QED) is 0.551. The first kappa shape index (κ1) is 22.9. The summed E-state index contributed by atoms with van der Waals surface area (Å²) in [5.74, 6) is -0.102. The SMILES string of the molecule is CCc1ccc(C(=O)N2CCN(c3ccc(NC(=O)c4ccc(C)c(Cl)c4)cc3)CC2)cc1. The van der Waals surface area contributed by atoms with Crippen LogP contribution in [-0.4, -0.2) is 42.9 Å². The Labute approximate surface area is 200 Å². The summed E-state index contributed by atoms with van der Waals surface area (Å²) >= 11 is 6.13. The maximum Gasteiger partial charge on any atom is 0.255 e. The van der Waals surface area contributed by atoms with Crippen molar-refractivity contribution < 1.29 is 9.59 Å². The van der Waals surface area contributed by atoms with Gasteiger partial charge in [-0.15, -0.1) is 0 Å². The summed E-state index contributed by atoms with van der Waals surface area (Å²) in [6, 6.07) is 21.0. The lowest BCUT2D eigenvalue weighted by Gasteiger charge is -2.36. The van der Waals surface area contributed by atoms with Crippen LogP contribution < -0.4 is 10.2 Å². The minimum absolute atomic E-state index is 0.0894. The van der Waals surface area contributed by atoms with Gasteiger partial charge in [0.25, 0.3) is 11.8 Å². The predicted molar refractivity (Wildman–Crippen MR) is 135 cm³/mol. The summed E-state index contributed by atoms with van der Waals surface area (Å²) in [6.07, 6.45) is 0.968. The first-order valence-electron chi connectivity index (χ1n) is 11.3. The molecule has 1 N–H and O–H groups in total. The fourth-order valence-electron chi connectivity index (χ4n) is 3.93. The lowest BCUT2D eigenvalue weighted by Crippen LogP contribution is -2.48. The molecule has 3 aromatic carbocycles. The van der Waals surface area contributed by atoms with Gasteiger partial charge in [0.15, 0.2) is 0 Å². The molecule has 4 rings (SSSR count). The minimum Gasteiger partial charge on any atom is -0.368 e. The van der Waals surface area contributed by atoms with Crippen molar-refractivity contribution >= 4 is 34.8 Å². The summed E-state index contributed by atoms with van der Waals surface area (Å²) in [4.78, 5) is 29.5. The van der Waals surface area contributed by atoms with Crippen LogP contribution in [0.25, 0.3) is 0 Å². The number of carbonyl (C=O) groups excluding carboxylic acids is 2. The molecule has 0 bridgehead atoms. The second-order valence-electron chi connectivity index (χ2n) is 8.29. The van der Waals surface area contributed by atoms with Crippen molar-refractivity contribution in [3.63, 3.8) is 0 Å². The van der Waals surface area contributed by atoms with Crippen LogP contribution in [0.2, 0.25) is 5.02 Å². The van der Waals surface area contributed by atoms with E-state index in [1.54, 1.807) is 12.1 Å². The minimum atomic E-state index is -0.191. The molecule has 0 atom stereocenters. The summed E-state index contributed by atoms with van der Waals surface area (Å²) in [7, 11) is 0. The number of carbonyl (C=O) groups is 2. The molecule has 170 valence electrons. The molecular formula is C27H28ClN3O2. The van der Waals surface area contributed by atoms with Gasteiger partial charge in [0.2, 0.25) is 0 Å². The number of hydrogen-bond donors (Lipinski definition) is 1. The molecule has 5 nitrogen and oxygen atoms in total. The van der Waals surface area contributed by atoms with E-state index in [-0.39, 0.29) is 11.8 Å². The zero-order valence-electron chi connectivity index (χ0n) is 19.0. The number of rotatable bonds is 5. The zero-order valence-corrected chi connectivity index (χ0v) is 19.7. The summed E-state index contributed by atoms with van der Waals surface area (Å²) < 4.78 is 0. The molecule has 1 aliphatic heterocycles. The number of nitrogens with zero attached hydrogens (tertiary/aromatic N) is 2. The van der Waals surface area contributed by atoms with E-state index in [0.717, 1.165) is 42.0 Å². The maximum absolute atomic E-state index is 12.8. The smallest absolute Gasteiger partial charge is 0.255 e. The third kappa shape index (κ3) is 5.37. The van der Waals surface area contributed by atoms with Crippen LogP contribution in [-0.2, 0) is 6.42 Å². The van der Waals surface area contributed by atoms with Gasteiger partial charge in [-0.25, -0.2) is 0 Å². The molecule has 33 heavy (non-hydrogen) atoms. The molecule has 0 aromatic heterocycles. The number of halogens is 1. The predicted octanol–water partition coefficient (Wildman–Crippen LogP) is 5.43. The van der Waals surface area contributed by atoms with Gasteiger partial charge in [0.05, 0.1) is 0 Å². The molecule has 0 unspecified atom stereocenters. The second-order valence-corrected chi connectivity index (χ2v) is 8.70. The van der Waals surface area contributed by atoms with Crippen LogP contribution in [0.4, 0.5) is 11.4 Å². The van der Waals surface area contributed by atoms with E-state index in [2.05, 4.69) is 17.1 Å². The summed E-state index contributed by atoms with van der Waals surface area (Å²) in [5, 5.41) is 3.49. The van der Waals surface area contributed by atoms with Crippen LogP contribution in [0.15, 0.2) is 66.7 Å². The van der Waals surface area contributed by atoms with Gasteiger partial charge < -0.3 is 15.1 Å². The molecule has 1 heterocycles. The first-order valence-corrected chi connectivity index (χ1v) is 11.6. The van der Waals surface area contributed by atoms with E-state index in [1.165, 1.54) is 5.56 Å². The van der Waals surface area contributed by atoms with Crippen LogP contribution in [0.5, 0.6) is 0 Å². The molecule has 0 aliphatic carbocycles. The first-order chi connectivity index (χ1) is 15.9. The Morgan fingerprint density at radius 3 is 2.12 bits per heavy atom. The van der Waals surface area contributed by atoms with E-state index in [9.17, 15) is 9.59 Å². The third-order valence-corrected chi connectivity index (χ3v) is 6.51. The van der Waals surface area contributed by atoms with E-state index in [4.69, 9.17) is 11.6 Å². The largest absolute Gasteiger partial charge is 0.368 e.